The third-order valence-corrected chi connectivity index (χ3v) is 5.83. The lowest BCUT2D eigenvalue weighted by molar-refractivity contribution is 0.102. The highest BCUT2D eigenvalue weighted by molar-refractivity contribution is 6.03. The van der Waals surface area contributed by atoms with Gasteiger partial charge in [-0.2, -0.15) is 5.10 Å². The third kappa shape index (κ3) is 4.00. The molecular weight excluding hydrogens is 418 g/mol. The molecule has 0 fully saturated rings. The van der Waals surface area contributed by atoms with Gasteiger partial charge in [0.15, 0.2) is 22.8 Å². The third-order valence-electron chi connectivity index (χ3n) is 5.83. The van der Waals surface area contributed by atoms with Gasteiger partial charge in [0, 0.05) is 5.69 Å². The molecule has 1 amide bonds. The first-order valence-electron chi connectivity index (χ1n) is 10.7. The van der Waals surface area contributed by atoms with E-state index in [0.29, 0.717) is 34.9 Å². The highest BCUT2D eigenvalue weighted by atomic mass is 16.5. The van der Waals surface area contributed by atoms with Crippen LogP contribution in [0.15, 0.2) is 36.4 Å². The van der Waals surface area contributed by atoms with Gasteiger partial charge in [-0.1, -0.05) is 19.1 Å². The number of carbonyl (C=O) groups excluding carboxylic acids is 1. The van der Waals surface area contributed by atoms with Crippen molar-refractivity contribution in [2.75, 3.05) is 19.5 Å². The summed E-state index contributed by atoms with van der Waals surface area (Å²) in [4.78, 5) is 13.0. The van der Waals surface area contributed by atoms with Crippen LogP contribution >= 0.6 is 0 Å². The van der Waals surface area contributed by atoms with E-state index in [-0.39, 0.29) is 11.6 Å². The molecule has 8 nitrogen and oxygen atoms in total. The molecule has 170 valence electrons. The number of hydrogen-bond acceptors (Lipinski definition) is 6. The van der Waals surface area contributed by atoms with Crippen LogP contribution < -0.4 is 14.8 Å². The number of anilines is 1. The van der Waals surface area contributed by atoms with E-state index >= 15 is 0 Å². The highest BCUT2D eigenvalue weighted by Crippen LogP contribution is 2.35. The number of fused-ring (bicyclic) bond motifs is 1. The summed E-state index contributed by atoms with van der Waals surface area (Å²) in [5, 5.41) is 16.3. The number of methoxy groups -OCH3 is 2. The summed E-state index contributed by atoms with van der Waals surface area (Å²) in [5.74, 6) is 0.931. The van der Waals surface area contributed by atoms with Crippen molar-refractivity contribution in [2.24, 2.45) is 0 Å². The topological polar surface area (TPSA) is 90.6 Å². The van der Waals surface area contributed by atoms with Crippen molar-refractivity contribution in [1.82, 2.24) is 19.8 Å². The van der Waals surface area contributed by atoms with Crippen molar-refractivity contribution in [3.63, 3.8) is 0 Å². The van der Waals surface area contributed by atoms with Gasteiger partial charge in [0.1, 0.15) is 0 Å². The average molecular weight is 446 g/mol. The monoisotopic (exact) mass is 445 g/mol. The number of hydrogen-bond donors (Lipinski definition) is 1. The zero-order valence-corrected chi connectivity index (χ0v) is 19.7. The molecule has 0 unspecified atom stereocenters. The molecule has 0 bridgehead atoms. The fourth-order valence-electron chi connectivity index (χ4n) is 3.80. The van der Waals surface area contributed by atoms with E-state index in [1.807, 2.05) is 64.1 Å². The van der Waals surface area contributed by atoms with Gasteiger partial charge in [-0.15, -0.1) is 10.2 Å². The standard InChI is InChI=1S/C25H27N5O3/c1-7-19-22(17-9-11-20(32-5)21(13-17)33-6)24-28-27-23(16(4)30(24)29-19)25(31)26-18-10-8-14(2)15(3)12-18/h8-13H,7H2,1-6H3,(H,26,31). The summed E-state index contributed by atoms with van der Waals surface area (Å²) >= 11 is 0. The maximum atomic E-state index is 13.0. The Morgan fingerprint density at radius 3 is 2.39 bits per heavy atom. The Bertz CT molecular complexity index is 1360. The van der Waals surface area contributed by atoms with Gasteiger partial charge in [-0.05, 0) is 68.1 Å². The molecule has 4 rings (SSSR count). The van der Waals surface area contributed by atoms with Crippen LogP contribution in [0, 0.1) is 20.8 Å². The van der Waals surface area contributed by atoms with Crippen LogP contribution in [0.4, 0.5) is 5.69 Å². The molecule has 0 saturated heterocycles. The molecule has 33 heavy (non-hydrogen) atoms. The fraction of sp³-hybridized carbons (Fsp3) is 0.280. The summed E-state index contributed by atoms with van der Waals surface area (Å²) in [6.45, 7) is 7.89. The Hall–Kier alpha value is -3.94. The van der Waals surface area contributed by atoms with Gasteiger partial charge in [-0.25, -0.2) is 4.52 Å². The predicted molar refractivity (Wildman–Crippen MR) is 127 cm³/mol. The van der Waals surface area contributed by atoms with Gasteiger partial charge < -0.3 is 14.8 Å². The Balaban J connectivity index is 1.77. The number of aryl methyl sites for hydroxylation is 4. The predicted octanol–water partition coefficient (Wildman–Crippen LogP) is 4.55. The van der Waals surface area contributed by atoms with Crippen LogP contribution in [0.1, 0.15) is 39.9 Å². The first-order valence-corrected chi connectivity index (χ1v) is 10.7. The van der Waals surface area contributed by atoms with Gasteiger partial charge in [0.05, 0.1) is 31.2 Å². The number of benzene rings is 2. The maximum Gasteiger partial charge on any atom is 0.278 e. The second-order valence-corrected chi connectivity index (χ2v) is 7.87. The van der Waals surface area contributed by atoms with E-state index in [9.17, 15) is 4.79 Å². The molecule has 2 aromatic heterocycles. The molecule has 0 spiro atoms. The molecule has 1 N–H and O–H groups in total. The molecule has 0 saturated carbocycles. The van der Waals surface area contributed by atoms with Crippen molar-refractivity contribution in [3.8, 4) is 22.6 Å². The van der Waals surface area contributed by atoms with Gasteiger partial charge in [0.2, 0.25) is 0 Å². The summed E-state index contributed by atoms with van der Waals surface area (Å²) in [5.41, 5.74) is 7.00. The van der Waals surface area contributed by atoms with Gasteiger partial charge >= 0.3 is 0 Å². The van der Waals surface area contributed by atoms with E-state index in [0.717, 1.165) is 27.9 Å². The lowest BCUT2D eigenvalue weighted by Gasteiger charge is -2.10. The number of amides is 1. The Morgan fingerprint density at radius 1 is 0.970 bits per heavy atom. The molecule has 2 heterocycles. The smallest absolute Gasteiger partial charge is 0.278 e. The van der Waals surface area contributed by atoms with Crippen LogP contribution in [0.3, 0.4) is 0 Å². The summed E-state index contributed by atoms with van der Waals surface area (Å²) in [6.07, 6.45) is 0.691. The lowest BCUT2D eigenvalue weighted by atomic mass is 10.0. The highest BCUT2D eigenvalue weighted by Gasteiger charge is 2.22. The maximum absolute atomic E-state index is 13.0. The largest absolute Gasteiger partial charge is 0.493 e. The van der Waals surface area contributed by atoms with Crippen molar-refractivity contribution in [1.29, 1.82) is 0 Å². The minimum Gasteiger partial charge on any atom is -0.493 e. The number of carbonyl (C=O) groups is 1. The molecule has 4 aromatic rings. The van der Waals surface area contributed by atoms with E-state index in [2.05, 4.69) is 15.5 Å². The molecule has 0 aliphatic rings. The van der Waals surface area contributed by atoms with Crippen molar-refractivity contribution >= 4 is 17.2 Å². The molecular formula is C25H27N5O3. The zero-order valence-electron chi connectivity index (χ0n) is 19.7. The minimum absolute atomic E-state index is 0.227. The van der Waals surface area contributed by atoms with Crippen molar-refractivity contribution in [2.45, 2.75) is 34.1 Å². The number of ether oxygens (including phenoxy) is 2. The summed E-state index contributed by atoms with van der Waals surface area (Å²) in [7, 11) is 3.20. The molecule has 0 aliphatic carbocycles. The van der Waals surface area contributed by atoms with E-state index in [4.69, 9.17) is 14.6 Å². The van der Waals surface area contributed by atoms with Crippen LogP contribution in [0.5, 0.6) is 11.5 Å². The van der Waals surface area contributed by atoms with Crippen LogP contribution in [-0.4, -0.2) is 39.9 Å². The summed E-state index contributed by atoms with van der Waals surface area (Å²) < 4.78 is 12.5. The Kier molecular flexibility index (Phi) is 6.00. The van der Waals surface area contributed by atoms with E-state index in [1.165, 1.54) is 0 Å². The SMILES string of the molecule is CCc1nn2c(C)c(C(=O)Nc3ccc(C)c(C)c3)nnc2c1-c1ccc(OC)c(OC)c1. The average Bonchev–Trinajstić information content (AvgIpc) is 3.20. The summed E-state index contributed by atoms with van der Waals surface area (Å²) in [6, 6.07) is 11.5. The Morgan fingerprint density at radius 2 is 1.73 bits per heavy atom. The number of nitrogens with zero attached hydrogens (tertiary/aromatic N) is 4. The number of aromatic nitrogens is 4. The zero-order chi connectivity index (χ0) is 23.7. The van der Waals surface area contributed by atoms with Crippen LogP contribution in [0.2, 0.25) is 0 Å². The number of nitrogens with one attached hydrogen (secondary N) is 1. The normalized spacial score (nSPS) is 11.0. The second-order valence-electron chi connectivity index (χ2n) is 7.87. The van der Waals surface area contributed by atoms with Gasteiger partial charge in [-0.3, -0.25) is 4.79 Å². The molecule has 0 radical (unpaired) electrons. The van der Waals surface area contributed by atoms with Gasteiger partial charge in [0.25, 0.3) is 5.91 Å². The van der Waals surface area contributed by atoms with Crippen LogP contribution in [0.25, 0.3) is 16.8 Å². The van der Waals surface area contributed by atoms with E-state index < -0.39 is 0 Å². The van der Waals surface area contributed by atoms with Crippen molar-refractivity contribution < 1.29 is 14.3 Å². The first-order chi connectivity index (χ1) is 15.9. The fourth-order valence-corrected chi connectivity index (χ4v) is 3.80. The molecule has 2 aromatic carbocycles. The quantitative estimate of drug-likeness (QED) is 0.468. The molecule has 0 aliphatic heterocycles. The lowest BCUT2D eigenvalue weighted by Crippen LogP contribution is -2.18. The minimum atomic E-state index is -0.327. The Labute approximate surface area is 192 Å². The number of rotatable bonds is 6. The van der Waals surface area contributed by atoms with Crippen LogP contribution in [-0.2, 0) is 6.42 Å². The van der Waals surface area contributed by atoms with E-state index in [1.54, 1.807) is 18.7 Å². The molecule has 8 heteroatoms. The first kappa shape index (κ1) is 22.3. The van der Waals surface area contributed by atoms with Crippen molar-refractivity contribution in [3.05, 3.63) is 64.6 Å². The molecule has 0 atom stereocenters. The second kappa shape index (κ2) is 8.90.